The zero-order chi connectivity index (χ0) is 16.9. The maximum Gasteiger partial charge on any atom is 0.242 e. The Morgan fingerprint density at radius 1 is 1.14 bits per heavy atom. The molecule has 6 heteroatoms. The summed E-state index contributed by atoms with van der Waals surface area (Å²) in [6, 6.07) is 7.27. The summed E-state index contributed by atoms with van der Waals surface area (Å²) >= 11 is 0. The van der Waals surface area contributed by atoms with Gasteiger partial charge in [0.1, 0.15) is 0 Å². The summed E-state index contributed by atoms with van der Waals surface area (Å²) in [5, 5.41) is 12.6. The lowest BCUT2D eigenvalue weighted by atomic mass is 9.99. The lowest BCUT2D eigenvalue weighted by Crippen LogP contribution is -2.36. The van der Waals surface area contributed by atoms with Crippen LogP contribution in [-0.2, 0) is 10.0 Å². The first-order chi connectivity index (χ1) is 10.2. The van der Waals surface area contributed by atoms with E-state index in [4.69, 9.17) is 5.11 Å². The van der Waals surface area contributed by atoms with Crippen LogP contribution in [0.4, 0.5) is 0 Å². The molecule has 0 saturated carbocycles. The van der Waals surface area contributed by atoms with E-state index < -0.39 is 10.0 Å². The topological polar surface area (TPSA) is 69.6 Å². The van der Waals surface area contributed by atoms with Gasteiger partial charge >= 0.3 is 0 Å². The zero-order valence-corrected chi connectivity index (χ0v) is 14.9. The van der Waals surface area contributed by atoms with Crippen molar-refractivity contribution in [3.63, 3.8) is 0 Å². The van der Waals surface area contributed by atoms with Gasteiger partial charge in [-0.1, -0.05) is 26.0 Å². The number of sulfonamides is 1. The van der Waals surface area contributed by atoms with Crippen LogP contribution in [0.25, 0.3) is 0 Å². The Labute approximate surface area is 134 Å². The molecule has 2 atom stereocenters. The number of benzene rings is 1. The smallest absolute Gasteiger partial charge is 0.242 e. The molecule has 0 aliphatic carbocycles. The number of nitrogens with one attached hydrogen (secondary N) is 1. The van der Waals surface area contributed by atoms with E-state index in [9.17, 15) is 8.42 Å². The van der Waals surface area contributed by atoms with Gasteiger partial charge in [0.2, 0.25) is 10.0 Å². The second kappa shape index (κ2) is 8.06. The van der Waals surface area contributed by atoms with Gasteiger partial charge in [0, 0.05) is 32.8 Å². The highest BCUT2D eigenvalue weighted by molar-refractivity contribution is 7.89. The molecule has 0 bridgehead atoms. The summed E-state index contributed by atoms with van der Waals surface area (Å²) in [5.41, 5.74) is 1.03. The molecule has 2 N–H and O–H groups in total. The number of hydrogen-bond acceptors (Lipinski definition) is 4. The van der Waals surface area contributed by atoms with Gasteiger partial charge in [-0.05, 0) is 37.0 Å². The van der Waals surface area contributed by atoms with Gasteiger partial charge < -0.3 is 10.4 Å². The standard InChI is InChI=1S/C16H28N2O3S/c1-12(2)16(10-11-19)17-13(3)14-6-8-15(9-7-14)22(20,21)18(4)5/h6-9,12-13,16-17,19H,10-11H2,1-5H3. The molecule has 0 heterocycles. The van der Waals surface area contributed by atoms with Crippen LogP contribution >= 0.6 is 0 Å². The minimum Gasteiger partial charge on any atom is -0.396 e. The van der Waals surface area contributed by atoms with E-state index in [-0.39, 0.29) is 18.7 Å². The minimum absolute atomic E-state index is 0.0926. The quantitative estimate of drug-likeness (QED) is 0.766. The van der Waals surface area contributed by atoms with Crippen molar-refractivity contribution in [1.29, 1.82) is 0 Å². The fourth-order valence-corrected chi connectivity index (χ4v) is 3.21. The van der Waals surface area contributed by atoms with Crippen molar-refractivity contribution >= 4 is 10.0 Å². The summed E-state index contributed by atoms with van der Waals surface area (Å²) in [6.45, 7) is 6.43. The molecule has 0 spiro atoms. The fraction of sp³-hybridized carbons (Fsp3) is 0.625. The van der Waals surface area contributed by atoms with Crippen molar-refractivity contribution in [3.05, 3.63) is 29.8 Å². The Morgan fingerprint density at radius 3 is 2.09 bits per heavy atom. The molecule has 5 nitrogen and oxygen atoms in total. The Hall–Kier alpha value is -0.950. The molecule has 0 radical (unpaired) electrons. The first-order valence-electron chi connectivity index (χ1n) is 7.59. The van der Waals surface area contributed by atoms with E-state index in [2.05, 4.69) is 19.2 Å². The summed E-state index contributed by atoms with van der Waals surface area (Å²) in [5.74, 6) is 0.419. The number of aliphatic hydroxyl groups excluding tert-OH is 1. The lowest BCUT2D eigenvalue weighted by Gasteiger charge is -2.26. The highest BCUT2D eigenvalue weighted by Gasteiger charge is 2.19. The maximum absolute atomic E-state index is 12.0. The van der Waals surface area contributed by atoms with Crippen LogP contribution in [0.15, 0.2) is 29.2 Å². The second-order valence-electron chi connectivity index (χ2n) is 6.11. The molecule has 0 saturated heterocycles. The second-order valence-corrected chi connectivity index (χ2v) is 8.26. The van der Waals surface area contributed by atoms with E-state index in [0.717, 1.165) is 5.56 Å². The van der Waals surface area contributed by atoms with Crippen LogP contribution in [0.3, 0.4) is 0 Å². The highest BCUT2D eigenvalue weighted by Crippen LogP contribution is 2.20. The number of nitrogens with zero attached hydrogens (tertiary/aromatic N) is 1. The summed E-state index contributed by atoms with van der Waals surface area (Å²) in [4.78, 5) is 0.296. The molecule has 126 valence electrons. The molecule has 1 aromatic carbocycles. The SMILES string of the molecule is CC(NC(CCO)C(C)C)c1ccc(S(=O)(=O)N(C)C)cc1. The van der Waals surface area contributed by atoms with Crippen molar-refractivity contribution in [2.75, 3.05) is 20.7 Å². The molecule has 1 rings (SSSR count). The van der Waals surface area contributed by atoms with Gasteiger partial charge in [-0.25, -0.2) is 12.7 Å². The molecular formula is C16H28N2O3S. The predicted molar refractivity (Wildman–Crippen MR) is 89.2 cm³/mol. The van der Waals surface area contributed by atoms with Gasteiger partial charge in [0.15, 0.2) is 0 Å². The van der Waals surface area contributed by atoms with Crippen molar-refractivity contribution < 1.29 is 13.5 Å². The first kappa shape index (κ1) is 19.1. The third-order valence-corrected chi connectivity index (χ3v) is 5.70. The molecule has 0 amide bonds. The van der Waals surface area contributed by atoms with E-state index >= 15 is 0 Å². The lowest BCUT2D eigenvalue weighted by molar-refractivity contribution is 0.237. The van der Waals surface area contributed by atoms with Crippen molar-refractivity contribution in [3.8, 4) is 0 Å². The highest BCUT2D eigenvalue weighted by atomic mass is 32.2. The normalized spacial score (nSPS) is 15.3. The average molecular weight is 328 g/mol. The Balaban J connectivity index is 2.86. The summed E-state index contributed by atoms with van der Waals surface area (Å²) < 4.78 is 25.3. The monoisotopic (exact) mass is 328 g/mol. The first-order valence-corrected chi connectivity index (χ1v) is 9.03. The van der Waals surface area contributed by atoms with Gasteiger partial charge in [0.05, 0.1) is 4.90 Å². The molecule has 0 aliphatic heterocycles. The van der Waals surface area contributed by atoms with Crippen LogP contribution in [0.2, 0.25) is 0 Å². The largest absolute Gasteiger partial charge is 0.396 e. The molecule has 2 unspecified atom stereocenters. The van der Waals surface area contributed by atoms with Gasteiger partial charge in [0.25, 0.3) is 0 Å². The minimum atomic E-state index is -3.38. The van der Waals surface area contributed by atoms with Gasteiger partial charge in [-0.3, -0.25) is 0 Å². The fourth-order valence-electron chi connectivity index (χ4n) is 2.30. The van der Waals surface area contributed by atoms with E-state index in [0.29, 0.717) is 17.2 Å². The van der Waals surface area contributed by atoms with Crippen LogP contribution in [0.1, 0.15) is 38.8 Å². The number of hydrogen-bond donors (Lipinski definition) is 2. The van der Waals surface area contributed by atoms with E-state index in [1.54, 1.807) is 12.1 Å². The predicted octanol–water partition coefficient (Wildman–Crippen LogP) is 1.99. The summed E-state index contributed by atoms with van der Waals surface area (Å²) in [7, 11) is -0.338. The van der Waals surface area contributed by atoms with E-state index in [1.807, 2.05) is 19.1 Å². The van der Waals surface area contributed by atoms with Crippen LogP contribution in [-0.4, -0.2) is 44.6 Å². The van der Waals surface area contributed by atoms with Crippen molar-refractivity contribution in [2.45, 2.75) is 44.2 Å². The number of rotatable bonds is 8. The molecule has 0 aromatic heterocycles. The maximum atomic E-state index is 12.0. The van der Waals surface area contributed by atoms with Crippen molar-refractivity contribution in [1.82, 2.24) is 9.62 Å². The zero-order valence-electron chi connectivity index (χ0n) is 14.1. The summed E-state index contributed by atoms with van der Waals surface area (Å²) in [6.07, 6.45) is 0.703. The Morgan fingerprint density at radius 2 is 1.68 bits per heavy atom. The molecule has 0 fully saturated rings. The average Bonchev–Trinajstić information content (AvgIpc) is 2.46. The molecule has 22 heavy (non-hydrogen) atoms. The van der Waals surface area contributed by atoms with Crippen LogP contribution in [0.5, 0.6) is 0 Å². The molecule has 0 aliphatic rings. The third-order valence-electron chi connectivity index (χ3n) is 3.87. The third kappa shape index (κ3) is 4.78. The van der Waals surface area contributed by atoms with Crippen LogP contribution in [0, 0.1) is 5.92 Å². The molecule has 1 aromatic rings. The van der Waals surface area contributed by atoms with Crippen LogP contribution < -0.4 is 5.32 Å². The van der Waals surface area contributed by atoms with Gasteiger partial charge in [-0.15, -0.1) is 0 Å². The van der Waals surface area contributed by atoms with Crippen molar-refractivity contribution in [2.24, 2.45) is 5.92 Å². The van der Waals surface area contributed by atoms with Gasteiger partial charge in [-0.2, -0.15) is 0 Å². The Kier molecular flexibility index (Phi) is 6.99. The molecular weight excluding hydrogens is 300 g/mol. The Bertz CT molecular complexity index is 553. The van der Waals surface area contributed by atoms with E-state index in [1.165, 1.54) is 18.4 Å². The number of aliphatic hydroxyl groups is 1.